The zero-order chi connectivity index (χ0) is 45.4. The summed E-state index contributed by atoms with van der Waals surface area (Å²) in [6.07, 6.45) is -0.870. The molecule has 1 atom stereocenters. The molecule has 64 heavy (non-hydrogen) atoms. The summed E-state index contributed by atoms with van der Waals surface area (Å²) in [7, 11) is 0. The second kappa shape index (κ2) is 21.5. The fourth-order valence-corrected chi connectivity index (χ4v) is 9.82. The second-order valence-electron chi connectivity index (χ2n) is 17.5. The third kappa shape index (κ3) is 12.1. The number of esters is 1. The van der Waals surface area contributed by atoms with Crippen LogP contribution in [0.1, 0.15) is 74.5 Å². The molecule has 0 unspecified atom stereocenters. The number of fused-ring (bicyclic) bond motifs is 1. The number of hydrogen-bond acceptors (Lipinski definition) is 10. The van der Waals surface area contributed by atoms with Gasteiger partial charge in [0.2, 0.25) is 5.91 Å². The van der Waals surface area contributed by atoms with E-state index in [1.807, 2.05) is 29.2 Å². The highest BCUT2D eigenvalue weighted by molar-refractivity contribution is 6.33. The van der Waals surface area contributed by atoms with Crippen molar-refractivity contribution in [2.45, 2.75) is 95.0 Å². The van der Waals surface area contributed by atoms with Crippen LogP contribution in [0.5, 0.6) is 0 Å². The van der Waals surface area contributed by atoms with Gasteiger partial charge in [-0.15, -0.1) is 0 Å². The van der Waals surface area contributed by atoms with Gasteiger partial charge in [0.15, 0.2) is 6.10 Å². The number of urea groups is 1. The Bertz CT molecular complexity index is 1990. The zero-order valence-corrected chi connectivity index (χ0v) is 37.1. The van der Waals surface area contributed by atoms with E-state index in [9.17, 15) is 37.1 Å². The van der Waals surface area contributed by atoms with Gasteiger partial charge < -0.3 is 45.0 Å². The van der Waals surface area contributed by atoms with Crippen molar-refractivity contribution in [1.82, 2.24) is 29.4 Å². The predicted octanol–water partition coefficient (Wildman–Crippen LogP) is 5.49. The number of rotatable bonds is 13. The van der Waals surface area contributed by atoms with Crippen molar-refractivity contribution in [1.29, 1.82) is 0 Å². The first-order valence-corrected chi connectivity index (χ1v) is 23.1. The molecule has 350 valence electrons. The highest BCUT2D eigenvalue weighted by Gasteiger charge is 2.39. The van der Waals surface area contributed by atoms with Crippen LogP contribution in [-0.4, -0.2) is 163 Å². The number of piperidine rings is 3. The maximum absolute atomic E-state index is 14.2. The van der Waals surface area contributed by atoms with E-state index in [4.69, 9.17) is 26.8 Å². The molecule has 3 N–H and O–H groups in total. The van der Waals surface area contributed by atoms with Crippen molar-refractivity contribution >= 4 is 52.9 Å². The molecular formula is C45H60ClF3N8O7. The molecule has 5 aliphatic rings. The van der Waals surface area contributed by atoms with Crippen LogP contribution in [0.3, 0.4) is 0 Å². The topological polar surface area (TPSA) is 161 Å². The van der Waals surface area contributed by atoms with E-state index < -0.39 is 35.5 Å². The van der Waals surface area contributed by atoms with Gasteiger partial charge in [0.25, 0.3) is 5.91 Å². The number of nitrogen functional groups attached to an aromatic ring is 1. The number of likely N-dealkylation sites (tertiary alicyclic amines) is 3. The molecule has 2 aromatic rings. The van der Waals surface area contributed by atoms with Crippen molar-refractivity contribution in [3.05, 3.63) is 58.1 Å². The van der Waals surface area contributed by atoms with Gasteiger partial charge in [0, 0.05) is 109 Å². The van der Waals surface area contributed by atoms with Gasteiger partial charge in [-0.3, -0.25) is 19.3 Å². The first-order chi connectivity index (χ1) is 30.7. The van der Waals surface area contributed by atoms with Crippen molar-refractivity contribution in [3.8, 4) is 0 Å². The first kappa shape index (κ1) is 47.2. The molecule has 7 rings (SSSR count). The highest BCUT2D eigenvalue weighted by atomic mass is 35.5. The molecule has 15 nitrogen and oxygen atoms in total. The molecule has 0 bridgehead atoms. The Kier molecular flexibility index (Phi) is 15.8. The summed E-state index contributed by atoms with van der Waals surface area (Å²) in [6.45, 7) is 7.22. The first-order valence-electron chi connectivity index (χ1n) is 22.7. The van der Waals surface area contributed by atoms with Gasteiger partial charge in [-0.05, 0) is 80.7 Å². The molecule has 0 aromatic heterocycles. The number of ether oxygens (including phenoxy) is 2. The number of anilines is 2. The number of piperazine rings is 1. The van der Waals surface area contributed by atoms with Crippen molar-refractivity contribution < 1.29 is 46.6 Å². The summed E-state index contributed by atoms with van der Waals surface area (Å²) >= 11 is 6.16. The Morgan fingerprint density at radius 2 is 1.55 bits per heavy atom. The molecule has 5 aliphatic heterocycles. The molecule has 5 amide bonds. The summed E-state index contributed by atoms with van der Waals surface area (Å²) in [5.41, 5.74) is 5.83. The SMILES string of the molecule is Nc1c(Cl)cc(C[C@@H](OC(=O)N2CCC(N3CCc4ccccc4NC3=O)CC2)C(=O)N2CCC(N3CCN(CCC(=O)OCCCN4CCCCC4=O)CC3)CC2)cc1C(F)(F)F. The van der Waals surface area contributed by atoms with Crippen LogP contribution in [0, 0.1) is 0 Å². The molecule has 0 saturated carbocycles. The standard InChI is InChI=1S/C45H60ClF3N8O7/c46-36-29-31(28-35(41(36)50)45(47,48)49)30-38(64-44(62)56-20-12-34(13-21-56)57-22-9-32-6-1-2-7-37(32)51-43(57)61)42(60)55-18-10-33(11-19-55)53-25-23-52(24-26-53)17-14-40(59)63-27-5-16-54-15-4-3-8-39(54)58/h1-2,6-7,28-29,33-34,38H,3-5,8-27,30,50H2,(H,51,61)/t38-/m1/s1. The molecule has 2 aromatic carbocycles. The molecule has 5 heterocycles. The summed E-state index contributed by atoms with van der Waals surface area (Å²) in [4.78, 5) is 76.9. The lowest BCUT2D eigenvalue weighted by Gasteiger charge is -2.43. The number of amides is 5. The van der Waals surface area contributed by atoms with Crippen LogP contribution in [0.2, 0.25) is 5.02 Å². The van der Waals surface area contributed by atoms with E-state index >= 15 is 0 Å². The highest BCUT2D eigenvalue weighted by Crippen LogP contribution is 2.38. The maximum Gasteiger partial charge on any atom is 0.418 e. The molecular weight excluding hydrogens is 857 g/mol. The lowest BCUT2D eigenvalue weighted by molar-refractivity contribution is -0.145. The monoisotopic (exact) mass is 916 g/mol. The molecule has 19 heteroatoms. The summed E-state index contributed by atoms with van der Waals surface area (Å²) in [6, 6.07) is 9.66. The van der Waals surface area contributed by atoms with Gasteiger partial charge in [0.05, 0.1) is 29.3 Å². The fourth-order valence-electron chi connectivity index (χ4n) is 9.58. The average molecular weight is 917 g/mol. The average Bonchev–Trinajstić information content (AvgIpc) is 3.46. The van der Waals surface area contributed by atoms with E-state index in [1.54, 1.807) is 9.80 Å². The molecule has 4 saturated heterocycles. The fraction of sp³-hybridized carbons (Fsp3) is 0.622. The summed E-state index contributed by atoms with van der Waals surface area (Å²) in [5.74, 6) is -0.574. The zero-order valence-electron chi connectivity index (χ0n) is 36.3. The van der Waals surface area contributed by atoms with Crippen molar-refractivity contribution in [2.24, 2.45) is 0 Å². The number of hydrogen-bond donors (Lipinski definition) is 2. The lowest BCUT2D eigenvalue weighted by Crippen LogP contribution is -2.55. The Morgan fingerprint density at radius 1 is 0.844 bits per heavy atom. The minimum absolute atomic E-state index is 0.0520. The van der Waals surface area contributed by atoms with Crippen LogP contribution >= 0.6 is 11.6 Å². The number of halogens is 4. The van der Waals surface area contributed by atoms with Crippen LogP contribution in [-0.2, 0) is 42.9 Å². The van der Waals surface area contributed by atoms with E-state index in [0.717, 1.165) is 62.9 Å². The van der Waals surface area contributed by atoms with Crippen molar-refractivity contribution in [3.63, 3.8) is 0 Å². The number of carbonyl (C=O) groups is 5. The molecule has 0 spiro atoms. The van der Waals surface area contributed by atoms with Crippen molar-refractivity contribution in [2.75, 3.05) is 96.2 Å². The number of carbonyl (C=O) groups excluding carboxylic acids is 5. The van der Waals surface area contributed by atoms with E-state index in [-0.39, 0.29) is 60.1 Å². The van der Waals surface area contributed by atoms with E-state index in [2.05, 4.69) is 15.1 Å². The number of nitrogens with two attached hydrogens (primary N) is 1. The third-order valence-corrected chi connectivity index (χ3v) is 13.6. The van der Waals surface area contributed by atoms with Crippen LogP contribution < -0.4 is 11.1 Å². The van der Waals surface area contributed by atoms with Gasteiger partial charge in [-0.1, -0.05) is 29.8 Å². The van der Waals surface area contributed by atoms with E-state index in [0.29, 0.717) is 90.7 Å². The number of nitrogens with zero attached hydrogens (tertiary/aromatic N) is 6. The normalized spacial score (nSPS) is 20.4. The second-order valence-corrected chi connectivity index (χ2v) is 17.9. The number of nitrogens with one attached hydrogen (secondary N) is 1. The Morgan fingerprint density at radius 3 is 2.27 bits per heavy atom. The lowest BCUT2D eigenvalue weighted by atomic mass is 9.99. The molecule has 0 aliphatic carbocycles. The number of alkyl halides is 3. The van der Waals surface area contributed by atoms with Crippen LogP contribution in [0.4, 0.5) is 34.1 Å². The van der Waals surface area contributed by atoms with E-state index in [1.165, 1.54) is 11.0 Å². The Labute approximate surface area is 377 Å². The van der Waals surface area contributed by atoms with Crippen LogP contribution in [0.25, 0.3) is 0 Å². The van der Waals surface area contributed by atoms with Gasteiger partial charge in [0.1, 0.15) is 0 Å². The Hall–Kier alpha value is -4.81. The predicted molar refractivity (Wildman–Crippen MR) is 234 cm³/mol. The quantitative estimate of drug-likeness (QED) is 0.150. The third-order valence-electron chi connectivity index (χ3n) is 13.3. The largest absolute Gasteiger partial charge is 0.466 e. The molecule has 4 fully saturated rings. The van der Waals surface area contributed by atoms with Gasteiger partial charge in [-0.2, -0.15) is 13.2 Å². The summed E-state index contributed by atoms with van der Waals surface area (Å²) in [5, 5.41) is 2.67. The smallest absolute Gasteiger partial charge is 0.418 e. The van der Waals surface area contributed by atoms with Crippen LogP contribution in [0.15, 0.2) is 36.4 Å². The van der Waals surface area contributed by atoms with Gasteiger partial charge >= 0.3 is 24.3 Å². The number of benzene rings is 2. The molecule has 0 radical (unpaired) electrons. The minimum atomic E-state index is -4.80. The maximum atomic E-state index is 14.2. The Balaban J connectivity index is 0.895. The van der Waals surface area contributed by atoms with Gasteiger partial charge in [-0.25, -0.2) is 9.59 Å². The summed E-state index contributed by atoms with van der Waals surface area (Å²) < 4.78 is 53.2. The number of para-hydroxylation sites is 1. The minimum Gasteiger partial charge on any atom is -0.466 e.